The molecule has 2 aliphatic heterocycles. The summed E-state index contributed by atoms with van der Waals surface area (Å²) in [5.41, 5.74) is 2.88. The molecular formula is C20H22ClN3O4S. The molecule has 2 heterocycles. The number of aliphatic hydroxyl groups excluding tert-OH is 1. The van der Waals surface area contributed by atoms with E-state index < -0.39 is 22.2 Å². The first-order valence-corrected chi connectivity index (χ1v) is 11.2. The zero-order valence-corrected chi connectivity index (χ0v) is 17.7. The molecule has 2 aromatic carbocycles. The highest BCUT2D eigenvalue weighted by Crippen LogP contribution is 2.43. The Balaban J connectivity index is 1.72. The predicted molar refractivity (Wildman–Crippen MR) is 112 cm³/mol. The third-order valence-electron chi connectivity index (χ3n) is 5.58. The quantitative estimate of drug-likeness (QED) is 0.586. The van der Waals surface area contributed by atoms with Gasteiger partial charge in [0.2, 0.25) is 10.0 Å². The van der Waals surface area contributed by atoms with Gasteiger partial charge in [-0.05, 0) is 36.2 Å². The molecule has 29 heavy (non-hydrogen) atoms. The maximum absolute atomic E-state index is 13.4. The van der Waals surface area contributed by atoms with Crippen molar-refractivity contribution in [3.05, 3.63) is 53.6 Å². The lowest BCUT2D eigenvalue weighted by Gasteiger charge is -2.29. The fourth-order valence-electron chi connectivity index (χ4n) is 4.03. The predicted octanol–water partition coefficient (Wildman–Crippen LogP) is 1.94. The molecule has 1 N–H and O–H groups in total. The first kappa shape index (κ1) is 20.2. The number of aliphatic hydroxyl groups is 1. The van der Waals surface area contributed by atoms with Crippen LogP contribution in [0.5, 0.6) is 0 Å². The Morgan fingerprint density at radius 3 is 2.62 bits per heavy atom. The summed E-state index contributed by atoms with van der Waals surface area (Å²) in [6.07, 6.45) is -0.426. The van der Waals surface area contributed by atoms with Crippen LogP contribution in [0.4, 0.5) is 11.4 Å². The number of amides is 1. The van der Waals surface area contributed by atoms with Crippen LogP contribution in [0.1, 0.15) is 17.2 Å². The Kier molecular flexibility index (Phi) is 5.06. The van der Waals surface area contributed by atoms with E-state index in [0.29, 0.717) is 17.8 Å². The van der Waals surface area contributed by atoms with Crippen molar-refractivity contribution < 1.29 is 18.3 Å². The van der Waals surface area contributed by atoms with E-state index in [2.05, 4.69) is 0 Å². The molecule has 1 amide bonds. The van der Waals surface area contributed by atoms with Crippen LogP contribution in [0.2, 0.25) is 0 Å². The lowest BCUT2D eigenvalue weighted by molar-refractivity contribution is -0.121. The molecule has 0 fully saturated rings. The van der Waals surface area contributed by atoms with Gasteiger partial charge in [-0.2, -0.15) is 0 Å². The Morgan fingerprint density at radius 2 is 1.93 bits per heavy atom. The van der Waals surface area contributed by atoms with Gasteiger partial charge in [0.1, 0.15) is 12.1 Å². The van der Waals surface area contributed by atoms with Crippen molar-refractivity contribution in [3.63, 3.8) is 0 Å². The fourth-order valence-corrected chi connectivity index (χ4v) is 5.24. The average molecular weight is 436 g/mol. The molecule has 2 aromatic rings. The number of benzene rings is 2. The Bertz CT molecular complexity index is 1070. The smallest absolute Gasteiger partial charge is 0.252 e. The minimum absolute atomic E-state index is 0.00424. The van der Waals surface area contributed by atoms with E-state index in [1.807, 2.05) is 24.3 Å². The van der Waals surface area contributed by atoms with E-state index in [0.717, 1.165) is 22.0 Å². The maximum atomic E-state index is 13.4. The van der Waals surface area contributed by atoms with Gasteiger partial charge < -0.3 is 14.9 Å². The Labute approximate surface area is 175 Å². The van der Waals surface area contributed by atoms with Gasteiger partial charge in [0.15, 0.2) is 0 Å². The van der Waals surface area contributed by atoms with Gasteiger partial charge >= 0.3 is 0 Å². The highest BCUT2D eigenvalue weighted by Gasteiger charge is 2.45. The van der Waals surface area contributed by atoms with Gasteiger partial charge in [0.25, 0.3) is 5.91 Å². The van der Waals surface area contributed by atoms with Crippen molar-refractivity contribution in [1.82, 2.24) is 4.31 Å². The van der Waals surface area contributed by atoms with Crippen LogP contribution in [0.25, 0.3) is 0 Å². The fraction of sp³-hybridized carbons (Fsp3) is 0.350. The van der Waals surface area contributed by atoms with E-state index in [-0.39, 0.29) is 16.8 Å². The van der Waals surface area contributed by atoms with Crippen molar-refractivity contribution in [3.8, 4) is 0 Å². The van der Waals surface area contributed by atoms with Crippen LogP contribution in [0.3, 0.4) is 0 Å². The summed E-state index contributed by atoms with van der Waals surface area (Å²) in [4.78, 5) is 16.7. The number of halogens is 1. The lowest BCUT2D eigenvalue weighted by Crippen LogP contribution is -2.48. The van der Waals surface area contributed by atoms with Crippen molar-refractivity contribution in [2.24, 2.45) is 0 Å². The van der Waals surface area contributed by atoms with Gasteiger partial charge in [-0.25, -0.2) is 12.7 Å². The van der Waals surface area contributed by atoms with E-state index in [1.165, 1.54) is 26.2 Å². The topological polar surface area (TPSA) is 81.2 Å². The van der Waals surface area contributed by atoms with Crippen LogP contribution in [-0.4, -0.2) is 56.4 Å². The summed E-state index contributed by atoms with van der Waals surface area (Å²) in [6, 6.07) is 11.3. The SMILES string of the molecule is CN(C)S(=O)(=O)c1ccc2c(c1)C(O)C(C(=O)N1CCc3ccccc31)N2CCl. The molecule has 2 atom stereocenters. The van der Waals surface area contributed by atoms with Gasteiger partial charge in [-0.15, -0.1) is 11.6 Å². The minimum atomic E-state index is -3.66. The molecule has 0 bridgehead atoms. The number of hydrogen-bond donors (Lipinski definition) is 1. The van der Waals surface area contributed by atoms with E-state index in [1.54, 1.807) is 15.9 Å². The highest BCUT2D eigenvalue weighted by atomic mass is 35.5. The lowest BCUT2D eigenvalue weighted by atomic mass is 10.1. The molecule has 154 valence electrons. The van der Waals surface area contributed by atoms with Gasteiger partial charge in [-0.1, -0.05) is 18.2 Å². The zero-order chi connectivity index (χ0) is 20.9. The minimum Gasteiger partial charge on any atom is -0.386 e. The second-order valence-corrected chi connectivity index (χ2v) is 9.75. The monoisotopic (exact) mass is 435 g/mol. The second-order valence-electron chi connectivity index (χ2n) is 7.36. The summed E-state index contributed by atoms with van der Waals surface area (Å²) in [6.45, 7) is 0.536. The van der Waals surface area contributed by atoms with E-state index in [4.69, 9.17) is 11.6 Å². The number of nitrogens with zero attached hydrogens (tertiary/aromatic N) is 3. The highest BCUT2D eigenvalue weighted by molar-refractivity contribution is 7.89. The van der Waals surface area contributed by atoms with Crippen LogP contribution in [0.15, 0.2) is 47.4 Å². The molecule has 0 spiro atoms. The van der Waals surface area contributed by atoms with Crippen LogP contribution >= 0.6 is 11.6 Å². The molecule has 0 radical (unpaired) electrons. The Morgan fingerprint density at radius 1 is 1.21 bits per heavy atom. The molecule has 0 aromatic heterocycles. The van der Waals surface area contributed by atoms with Crippen molar-refractivity contribution in [1.29, 1.82) is 0 Å². The molecule has 9 heteroatoms. The number of carbonyl (C=O) groups is 1. The van der Waals surface area contributed by atoms with E-state index >= 15 is 0 Å². The molecule has 0 saturated heterocycles. The Hall–Kier alpha value is -2.13. The molecular weight excluding hydrogens is 414 g/mol. The molecule has 2 aliphatic rings. The third kappa shape index (κ3) is 3.11. The zero-order valence-electron chi connectivity index (χ0n) is 16.1. The number of hydrogen-bond acceptors (Lipinski definition) is 5. The first-order valence-electron chi connectivity index (χ1n) is 9.24. The van der Waals surface area contributed by atoms with Crippen LogP contribution in [0, 0.1) is 0 Å². The summed E-state index contributed by atoms with van der Waals surface area (Å²) in [5, 5.41) is 11.0. The van der Waals surface area contributed by atoms with Gasteiger partial charge in [-0.3, -0.25) is 4.79 Å². The van der Waals surface area contributed by atoms with Crippen molar-refractivity contribution in [2.75, 3.05) is 36.4 Å². The molecule has 7 nitrogen and oxygen atoms in total. The summed E-state index contributed by atoms with van der Waals surface area (Å²) in [5.74, 6) is -0.253. The largest absolute Gasteiger partial charge is 0.386 e. The van der Waals surface area contributed by atoms with Crippen molar-refractivity contribution >= 4 is 38.9 Å². The number of para-hydroxylation sites is 1. The number of rotatable bonds is 4. The molecule has 2 unspecified atom stereocenters. The number of fused-ring (bicyclic) bond motifs is 2. The van der Waals surface area contributed by atoms with Crippen molar-refractivity contribution in [2.45, 2.75) is 23.5 Å². The molecule has 4 rings (SSSR count). The normalized spacial score (nSPS) is 20.9. The summed E-state index contributed by atoms with van der Waals surface area (Å²) < 4.78 is 26.1. The molecule has 0 aliphatic carbocycles. The number of carbonyl (C=O) groups excluding carboxylic acids is 1. The number of sulfonamides is 1. The number of alkyl halides is 1. The average Bonchev–Trinajstić information content (AvgIpc) is 3.26. The number of anilines is 2. The van der Waals surface area contributed by atoms with Crippen LogP contribution in [-0.2, 0) is 21.2 Å². The van der Waals surface area contributed by atoms with E-state index in [9.17, 15) is 18.3 Å². The van der Waals surface area contributed by atoms with Crippen LogP contribution < -0.4 is 9.80 Å². The van der Waals surface area contributed by atoms with Gasteiger partial charge in [0.05, 0.1) is 10.9 Å². The summed E-state index contributed by atoms with van der Waals surface area (Å²) >= 11 is 6.14. The molecule has 0 saturated carbocycles. The summed E-state index contributed by atoms with van der Waals surface area (Å²) in [7, 11) is -0.773. The third-order valence-corrected chi connectivity index (χ3v) is 7.64. The van der Waals surface area contributed by atoms with Gasteiger partial charge in [0, 0.05) is 37.6 Å². The maximum Gasteiger partial charge on any atom is 0.252 e. The standard InChI is InChI=1S/C20H22ClN3O4S/c1-22(2)29(27,28)14-7-8-17-15(11-14)19(25)18(24(17)12-21)20(26)23-10-9-13-5-3-4-6-16(13)23/h3-8,11,18-19,25H,9-10,12H2,1-2H3. The second kappa shape index (κ2) is 7.28. The first-order chi connectivity index (χ1) is 13.8.